The van der Waals surface area contributed by atoms with Crippen molar-refractivity contribution in [3.8, 4) is 6.07 Å². The first-order chi connectivity index (χ1) is 10.4. The quantitative estimate of drug-likeness (QED) is 0.843. The minimum atomic E-state index is -1.11. The van der Waals surface area contributed by atoms with Gasteiger partial charge in [0.05, 0.1) is 24.0 Å². The van der Waals surface area contributed by atoms with Gasteiger partial charge in [-0.25, -0.2) is 0 Å². The standard InChI is InChI=1S/C18H25N2OP/c1-14-10-16(12-19)11-15(2)18(14)20-17(21)13-22(3)8-6-4-5-7-9-22/h10-11H,4-9,13H2,1-3H3/p+1. The summed E-state index contributed by atoms with van der Waals surface area (Å²) in [7, 11) is -1.11. The summed E-state index contributed by atoms with van der Waals surface area (Å²) in [4.78, 5) is 12.5. The van der Waals surface area contributed by atoms with E-state index in [1.807, 2.05) is 26.0 Å². The van der Waals surface area contributed by atoms with Gasteiger partial charge in [-0.15, -0.1) is 0 Å². The molecule has 0 saturated carbocycles. The topological polar surface area (TPSA) is 52.9 Å². The fourth-order valence-corrected chi connectivity index (χ4v) is 6.65. The highest BCUT2D eigenvalue weighted by molar-refractivity contribution is 7.76. The van der Waals surface area contributed by atoms with Crippen molar-refractivity contribution in [2.45, 2.75) is 39.5 Å². The minimum Gasteiger partial charge on any atom is -0.322 e. The second-order valence-electron chi connectivity index (χ2n) is 6.78. The number of hydrogen-bond acceptors (Lipinski definition) is 2. The number of amides is 1. The Balaban J connectivity index is 2.07. The molecule has 118 valence electrons. The average molecular weight is 317 g/mol. The third kappa shape index (κ3) is 4.31. The number of benzene rings is 1. The molecule has 0 atom stereocenters. The SMILES string of the molecule is Cc1cc(C#N)cc(C)c1NC(=O)C[P+]1(C)CCCCCC1. The highest BCUT2D eigenvalue weighted by atomic mass is 31.2. The lowest BCUT2D eigenvalue weighted by molar-refractivity contribution is -0.113. The van der Waals surface area contributed by atoms with E-state index < -0.39 is 7.26 Å². The number of carbonyl (C=O) groups excluding carboxylic acids is 1. The zero-order valence-corrected chi connectivity index (χ0v) is 14.8. The molecule has 1 heterocycles. The molecule has 1 amide bonds. The molecule has 1 aromatic carbocycles. The number of nitrogens with zero attached hydrogens (tertiary/aromatic N) is 1. The van der Waals surface area contributed by atoms with Crippen molar-refractivity contribution in [2.75, 3.05) is 30.5 Å². The number of aryl methyl sites for hydroxylation is 2. The van der Waals surface area contributed by atoms with Crippen LogP contribution in [0, 0.1) is 25.2 Å². The van der Waals surface area contributed by atoms with Crippen molar-refractivity contribution in [1.29, 1.82) is 5.26 Å². The molecule has 0 bridgehead atoms. The molecular weight excluding hydrogens is 291 g/mol. The van der Waals surface area contributed by atoms with Gasteiger partial charge < -0.3 is 5.32 Å². The van der Waals surface area contributed by atoms with Gasteiger partial charge in [-0.1, -0.05) is 0 Å². The molecule has 0 radical (unpaired) electrons. The number of nitriles is 1. The van der Waals surface area contributed by atoms with Crippen LogP contribution in [0.25, 0.3) is 0 Å². The molecular formula is C18H26N2OP+. The lowest BCUT2D eigenvalue weighted by Crippen LogP contribution is -2.21. The van der Waals surface area contributed by atoms with Crippen LogP contribution in [0.3, 0.4) is 0 Å². The Morgan fingerprint density at radius 1 is 1.18 bits per heavy atom. The molecule has 22 heavy (non-hydrogen) atoms. The summed E-state index contributed by atoms with van der Waals surface area (Å²) in [6.07, 6.45) is 8.43. The van der Waals surface area contributed by atoms with E-state index in [-0.39, 0.29) is 5.91 Å². The number of rotatable bonds is 3. The molecule has 2 rings (SSSR count). The van der Waals surface area contributed by atoms with Crippen LogP contribution in [0.4, 0.5) is 5.69 Å². The van der Waals surface area contributed by atoms with Gasteiger partial charge in [-0.05, 0) is 62.8 Å². The number of nitrogens with one attached hydrogen (secondary N) is 1. The second-order valence-corrected chi connectivity index (χ2v) is 11.2. The molecule has 1 fully saturated rings. The molecule has 0 aromatic heterocycles. The minimum absolute atomic E-state index is 0.147. The van der Waals surface area contributed by atoms with Crippen LogP contribution in [-0.4, -0.2) is 31.1 Å². The zero-order valence-electron chi connectivity index (χ0n) is 13.9. The summed E-state index contributed by atoms with van der Waals surface area (Å²) in [5, 5.41) is 12.1. The van der Waals surface area contributed by atoms with Crippen LogP contribution in [0.15, 0.2) is 12.1 Å². The van der Waals surface area contributed by atoms with Crippen LogP contribution < -0.4 is 5.32 Å². The first-order valence-corrected chi connectivity index (χ1v) is 10.9. The Bertz CT molecular complexity index is 573. The number of hydrogen-bond donors (Lipinski definition) is 1. The normalized spacial score (nSPS) is 17.4. The Morgan fingerprint density at radius 3 is 2.23 bits per heavy atom. The van der Waals surface area contributed by atoms with Crippen LogP contribution in [0.1, 0.15) is 42.4 Å². The van der Waals surface area contributed by atoms with Crippen LogP contribution in [0.5, 0.6) is 0 Å². The van der Waals surface area contributed by atoms with E-state index in [4.69, 9.17) is 5.26 Å². The van der Waals surface area contributed by atoms with E-state index >= 15 is 0 Å². The van der Waals surface area contributed by atoms with Gasteiger partial charge in [0.2, 0.25) is 0 Å². The second kappa shape index (κ2) is 7.25. The maximum atomic E-state index is 12.5. The Labute approximate surface area is 134 Å². The van der Waals surface area contributed by atoms with Crippen molar-refractivity contribution in [3.05, 3.63) is 28.8 Å². The van der Waals surface area contributed by atoms with E-state index in [2.05, 4.69) is 18.1 Å². The van der Waals surface area contributed by atoms with Gasteiger partial charge in [-0.2, -0.15) is 5.26 Å². The first-order valence-electron chi connectivity index (χ1n) is 8.08. The summed E-state index contributed by atoms with van der Waals surface area (Å²) >= 11 is 0. The Hall–Kier alpha value is -1.39. The van der Waals surface area contributed by atoms with Gasteiger partial charge >= 0.3 is 0 Å². The molecule has 3 nitrogen and oxygen atoms in total. The van der Waals surface area contributed by atoms with Crippen molar-refractivity contribution in [3.63, 3.8) is 0 Å². The van der Waals surface area contributed by atoms with Crippen LogP contribution >= 0.6 is 7.26 Å². The fourth-order valence-electron chi connectivity index (χ4n) is 3.36. The maximum Gasteiger partial charge on any atom is 0.261 e. The number of anilines is 1. The lowest BCUT2D eigenvalue weighted by atomic mass is 10.0. The molecule has 1 aromatic rings. The van der Waals surface area contributed by atoms with Crippen molar-refractivity contribution >= 4 is 18.9 Å². The highest BCUT2D eigenvalue weighted by Crippen LogP contribution is 2.57. The third-order valence-corrected chi connectivity index (χ3v) is 8.44. The van der Waals surface area contributed by atoms with Crippen LogP contribution in [-0.2, 0) is 4.79 Å². The fraction of sp³-hybridized carbons (Fsp3) is 0.556. The molecule has 1 N–H and O–H groups in total. The molecule has 1 aliphatic rings. The van der Waals surface area contributed by atoms with Crippen molar-refractivity contribution in [1.82, 2.24) is 0 Å². The summed E-state index contributed by atoms with van der Waals surface area (Å²) in [6.45, 7) is 6.26. The summed E-state index contributed by atoms with van der Waals surface area (Å²) in [6, 6.07) is 5.84. The van der Waals surface area contributed by atoms with Crippen molar-refractivity contribution in [2.24, 2.45) is 0 Å². The summed E-state index contributed by atoms with van der Waals surface area (Å²) < 4.78 is 0. The van der Waals surface area contributed by atoms with E-state index in [9.17, 15) is 4.79 Å². The largest absolute Gasteiger partial charge is 0.322 e. The first kappa shape index (κ1) is 17.0. The van der Waals surface area contributed by atoms with E-state index in [0.29, 0.717) is 11.7 Å². The van der Waals surface area contributed by atoms with Gasteiger partial charge in [0.1, 0.15) is 6.16 Å². The Kier molecular flexibility index (Phi) is 5.59. The smallest absolute Gasteiger partial charge is 0.261 e. The van der Waals surface area contributed by atoms with Gasteiger partial charge in [0, 0.05) is 19.6 Å². The maximum absolute atomic E-state index is 12.5. The summed E-state index contributed by atoms with van der Waals surface area (Å²) in [5.74, 6) is 0.147. The van der Waals surface area contributed by atoms with Gasteiger partial charge in [-0.3, -0.25) is 4.79 Å². The predicted octanol–water partition coefficient (Wildman–Crippen LogP) is 4.34. The van der Waals surface area contributed by atoms with E-state index in [1.54, 1.807) is 0 Å². The van der Waals surface area contributed by atoms with Crippen molar-refractivity contribution < 1.29 is 4.79 Å². The summed E-state index contributed by atoms with van der Waals surface area (Å²) in [5.41, 5.74) is 3.46. The molecule has 0 aliphatic carbocycles. The predicted molar refractivity (Wildman–Crippen MR) is 95.2 cm³/mol. The number of carbonyl (C=O) groups is 1. The van der Waals surface area contributed by atoms with Gasteiger partial charge in [0.25, 0.3) is 5.91 Å². The third-order valence-electron chi connectivity index (χ3n) is 4.60. The molecule has 1 saturated heterocycles. The highest BCUT2D eigenvalue weighted by Gasteiger charge is 2.35. The lowest BCUT2D eigenvalue weighted by Gasteiger charge is -2.21. The van der Waals surface area contributed by atoms with E-state index in [1.165, 1.54) is 38.0 Å². The monoisotopic (exact) mass is 317 g/mol. The molecule has 0 unspecified atom stereocenters. The molecule has 1 aliphatic heterocycles. The van der Waals surface area contributed by atoms with E-state index in [0.717, 1.165) is 16.8 Å². The van der Waals surface area contributed by atoms with Gasteiger partial charge in [0.15, 0.2) is 0 Å². The molecule has 4 heteroatoms. The molecule has 0 spiro atoms. The average Bonchev–Trinajstić information content (AvgIpc) is 2.67. The van der Waals surface area contributed by atoms with Crippen LogP contribution in [0.2, 0.25) is 0 Å². The zero-order chi connectivity index (χ0) is 16.2. The Morgan fingerprint density at radius 2 is 1.73 bits per heavy atom.